The molecule has 0 aliphatic carbocycles. The molecular formula is C11H16N2O4. The van der Waals surface area contributed by atoms with Crippen LogP contribution in [0.15, 0.2) is 11.6 Å². The van der Waals surface area contributed by atoms with Crippen LogP contribution < -0.4 is 10.6 Å². The van der Waals surface area contributed by atoms with Crippen molar-refractivity contribution < 1.29 is 19.1 Å². The summed E-state index contributed by atoms with van der Waals surface area (Å²) in [7, 11) is 0. The van der Waals surface area contributed by atoms with E-state index in [9.17, 15) is 14.4 Å². The fraction of sp³-hybridized carbons (Fsp3) is 0.545. The molecule has 94 valence electrons. The van der Waals surface area contributed by atoms with Gasteiger partial charge in [-0.05, 0) is 27.7 Å². The number of amides is 3. The molecule has 0 aromatic rings. The summed E-state index contributed by atoms with van der Waals surface area (Å²) in [6, 6.07) is -0.573. The normalized spacial score (nSPS) is 17.3. The predicted molar refractivity (Wildman–Crippen MR) is 60.1 cm³/mol. The molecule has 1 rings (SSSR count). The number of carbonyl (C=O) groups excluding carboxylic acids is 3. The van der Waals surface area contributed by atoms with Gasteiger partial charge in [-0.25, -0.2) is 4.79 Å². The van der Waals surface area contributed by atoms with Crippen molar-refractivity contribution in [2.24, 2.45) is 0 Å². The number of imide groups is 1. The smallest absolute Gasteiger partial charge is 0.408 e. The van der Waals surface area contributed by atoms with Crippen molar-refractivity contribution in [3.05, 3.63) is 11.6 Å². The highest BCUT2D eigenvalue weighted by Crippen LogP contribution is 2.10. The van der Waals surface area contributed by atoms with Crippen LogP contribution in [0.25, 0.3) is 0 Å². The first-order chi connectivity index (χ1) is 7.69. The minimum atomic E-state index is -0.627. The molecule has 2 N–H and O–H groups in total. The maximum Gasteiger partial charge on any atom is 0.408 e. The molecule has 0 saturated carbocycles. The summed E-state index contributed by atoms with van der Waals surface area (Å²) < 4.78 is 5.04. The molecule has 1 unspecified atom stereocenters. The van der Waals surface area contributed by atoms with Crippen LogP contribution >= 0.6 is 0 Å². The van der Waals surface area contributed by atoms with Crippen LogP contribution in [-0.4, -0.2) is 29.6 Å². The van der Waals surface area contributed by atoms with Crippen LogP contribution in [0.2, 0.25) is 0 Å². The second-order valence-electron chi connectivity index (χ2n) is 4.79. The second kappa shape index (κ2) is 4.57. The average molecular weight is 240 g/mol. The van der Waals surface area contributed by atoms with Gasteiger partial charge in [0, 0.05) is 11.6 Å². The third-order valence-electron chi connectivity index (χ3n) is 1.99. The third kappa shape index (κ3) is 3.90. The van der Waals surface area contributed by atoms with Crippen molar-refractivity contribution in [2.45, 2.75) is 39.3 Å². The summed E-state index contributed by atoms with van der Waals surface area (Å²) in [4.78, 5) is 33.7. The third-order valence-corrected chi connectivity index (χ3v) is 1.99. The minimum absolute atomic E-state index is 0.223. The van der Waals surface area contributed by atoms with Crippen LogP contribution in [0, 0.1) is 0 Å². The van der Waals surface area contributed by atoms with E-state index >= 15 is 0 Å². The number of alkyl carbamates (subject to hydrolysis) is 1. The van der Waals surface area contributed by atoms with Gasteiger partial charge in [0.1, 0.15) is 5.60 Å². The first kappa shape index (κ1) is 13.2. The molecule has 0 fully saturated rings. The molecule has 1 aliphatic rings. The van der Waals surface area contributed by atoms with Gasteiger partial charge in [0.2, 0.25) is 0 Å². The summed E-state index contributed by atoms with van der Waals surface area (Å²) >= 11 is 0. The van der Waals surface area contributed by atoms with Gasteiger partial charge in [-0.3, -0.25) is 14.9 Å². The van der Waals surface area contributed by atoms with E-state index in [1.165, 1.54) is 6.08 Å². The van der Waals surface area contributed by atoms with E-state index < -0.39 is 29.6 Å². The van der Waals surface area contributed by atoms with E-state index in [1.807, 2.05) is 0 Å². The number of ether oxygens (including phenoxy) is 1. The molecule has 1 heterocycles. The second-order valence-corrected chi connectivity index (χ2v) is 4.79. The van der Waals surface area contributed by atoms with Gasteiger partial charge < -0.3 is 10.1 Å². The Morgan fingerprint density at radius 2 is 2.00 bits per heavy atom. The Kier molecular flexibility index (Phi) is 3.55. The zero-order valence-corrected chi connectivity index (χ0v) is 10.3. The maximum atomic E-state index is 11.4. The topological polar surface area (TPSA) is 84.5 Å². The van der Waals surface area contributed by atoms with Gasteiger partial charge >= 0.3 is 6.09 Å². The summed E-state index contributed by atoms with van der Waals surface area (Å²) in [6.45, 7) is 6.82. The molecule has 0 radical (unpaired) electrons. The van der Waals surface area contributed by atoms with Crippen molar-refractivity contribution in [1.82, 2.24) is 10.6 Å². The van der Waals surface area contributed by atoms with Gasteiger partial charge in [0.25, 0.3) is 11.8 Å². The molecule has 0 saturated heterocycles. The molecule has 0 aromatic carbocycles. The highest BCUT2D eigenvalue weighted by molar-refractivity contribution is 6.16. The Hall–Kier alpha value is -1.85. The number of hydrogen-bond acceptors (Lipinski definition) is 4. The van der Waals surface area contributed by atoms with Crippen molar-refractivity contribution in [1.29, 1.82) is 0 Å². The first-order valence-electron chi connectivity index (χ1n) is 5.25. The van der Waals surface area contributed by atoms with E-state index in [0.717, 1.165) is 0 Å². The van der Waals surface area contributed by atoms with Gasteiger partial charge in [0.15, 0.2) is 0 Å². The van der Waals surface area contributed by atoms with Gasteiger partial charge in [-0.15, -0.1) is 0 Å². The molecule has 1 atom stereocenters. The molecule has 0 bridgehead atoms. The van der Waals surface area contributed by atoms with Crippen LogP contribution in [0.1, 0.15) is 27.7 Å². The highest BCUT2D eigenvalue weighted by Gasteiger charge is 2.27. The lowest BCUT2D eigenvalue weighted by atomic mass is 10.1. The van der Waals surface area contributed by atoms with Gasteiger partial charge in [-0.2, -0.15) is 0 Å². The molecular weight excluding hydrogens is 224 g/mol. The summed E-state index contributed by atoms with van der Waals surface area (Å²) in [5, 5.41) is 4.59. The van der Waals surface area contributed by atoms with E-state index in [1.54, 1.807) is 27.7 Å². The average Bonchev–Trinajstić information content (AvgIpc) is 2.41. The number of nitrogens with one attached hydrogen (secondary N) is 2. The SMILES string of the molecule is CC(NC(=O)OC(C)(C)C)C1=CC(=O)NC1=O. The zero-order valence-electron chi connectivity index (χ0n) is 10.3. The van der Waals surface area contributed by atoms with Crippen molar-refractivity contribution in [2.75, 3.05) is 0 Å². The fourth-order valence-corrected chi connectivity index (χ4v) is 1.31. The highest BCUT2D eigenvalue weighted by atomic mass is 16.6. The summed E-state index contributed by atoms with van der Waals surface area (Å²) in [5.41, 5.74) is -0.382. The summed E-state index contributed by atoms with van der Waals surface area (Å²) in [6.07, 6.45) is 0.544. The largest absolute Gasteiger partial charge is 0.444 e. The fourth-order valence-electron chi connectivity index (χ4n) is 1.31. The van der Waals surface area contributed by atoms with Crippen LogP contribution in [0.5, 0.6) is 0 Å². The van der Waals surface area contributed by atoms with Crippen LogP contribution in [0.3, 0.4) is 0 Å². The molecule has 1 aliphatic heterocycles. The Labute approximate surface area is 99.4 Å². The standard InChI is InChI=1S/C11H16N2O4/c1-6(7-5-8(14)13-9(7)15)12-10(16)17-11(2,3)4/h5-6H,1-4H3,(H,12,16)(H,13,14,15). The Bertz CT molecular complexity index is 393. The van der Waals surface area contributed by atoms with Crippen LogP contribution in [-0.2, 0) is 14.3 Å². The zero-order chi connectivity index (χ0) is 13.2. The molecule has 0 spiro atoms. The van der Waals surface area contributed by atoms with Gasteiger partial charge in [-0.1, -0.05) is 0 Å². The maximum absolute atomic E-state index is 11.4. The van der Waals surface area contributed by atoms with E-state index in [4.69, 9.17) is 4.74 Å². The molecule has 3 amide bonds. The lowest BCUT2D eigenvalue weighted by Gasteiger charge is -2.21. The Morgan fingerprint density at radius 1 is 1.41 bits per heavy atom. The number of rotatable bonds is 2. The van der Waals surface area contributed by atoms with E-state index in [-0.39, 0.29) is 5.57 Å². The minimum Gasteiger partial charge on any atom is -0.444 e. The molecule has 17 heavy (non-hydrogen) atoms. The Balaban J connectivity index is 2.58. The van der Waals surface area contributed by atoms with Crippen molar-refractivity contribution >= 4 is 17.9 Å². The van der Waals surface area contributed by atoms with Crippen LogP contribution in [0.4, 0.5) is 4.79 Å². The van der Waals surface area contributed by atoms with Crippen molar-refractivity contribution in [3.8, 4) is 0 Å². The number of hydrogen-bond donors (Lipinski definition) is 2. The quantitative estimate of drug-likeness (QED) is 0.688. The first-order valence-corrected chi connectivity index (χ1v) is 5.25. The monoisotopic (exact) mass is 240 g/mol. The molecule has 6 nitrogen and oxygen atoms in total. The van der Waals surface area contributed by atoms with E-state index in [0.29, 0.717) is 0 Å². The lowest BCUT2D eigenvalue weighted by molar-refractivity contribution is -0.123. The lowest BCUT2D eigenvalue weighted by Crippen LogP contribution is -2.40. The van der Waals surface area contributed by atoms with Crippen molar-refractivity contribution in [3.63, 3.8) is 0 Å². The predicted octanol–water partition coefficient (Wildman–Crippen LogP) is 0.482. The Morgan fingerprint density at radius 3 is 2.41 bits per heavy atom. The number of carbonyl (C=O) groups is 3. The van der Waals surface area contributed by atoms with E-state index in [2.05, 4.69) is 10.6 Å². The molecule has 6 heteroatoms. The molecule has 0 aromatic heterocycles. The summed E-state index contributed by atoms with van der Waals surface area (Å²) in [5.74, 6) is -0.957. The van der Waals surface area contributed by atoms with Gasteiger partial charge in [0.05, 0.1) is 6.04 Å².